The molecule has 0 N–H and O–H groups in total. The quantitative estimate of drug-likeness (QED) is 0.427. The van der Waals surface area contributed by atoms with Crippen LogP contribution in [0.2, 0.25) is 0 Å². The van der Waals surface area contributed by atoms with Crippen molar-refractivity contribution < 1.29 is 0 Å². The van der Waals surface area contributed by atoms with E-state index < -0.39 is 0 Å². The third-order valence-electron chi connectivity index (χ3n) is 4.37. The Bertz CT molecular complexity index is 1040. The van der Waals surface area contributed by atoms with Crippen LogP contribution in [0.3, 0.4) is 0 Å². The Morgan fingerprint density at radius 1 is 1.00 bits per heavy atom. The molecule has 0 aliphatic heterocycles. The van der Waals surface area contributed by atoms with Gasteiger partial charge in [0.25, 0.3) is 0 Å². The monoisotopic (exact) mass is 392 g/mol. The molecule has 0 aliphatic carbocycles. The first kappa shape index (κ1) is 17.9. The van der Waals surface area contributed by atoms with E-state index in [1.165, 1.54) is 11.1 Å². The van der Waals surface area contributed by atoms with Gasteiger partial charge in [-0.05, 0) is 18.1 Å². The SMILES string of the molecule is Cc1ccccc1-c1nnc(SCc2csc(Cc3ccccc3)n2)n1C. The molecule has 4 rings (SSSR count). The fourth-order valence-corrected chi connectivity index (χ4v) is 4.64. The van der Waals surface area contributed by atoms with E-state index in [0.717, 1.165) is 39.4 Å². The van der Waals surface area contributed by atoms with Crippen LogP contribution < -0.4 is 0 Å². The Balaban J connectivity index is 1.43. The predicted octanol–water partition coefficient (Wildman–Crippen LogP) is 5.13. The Morgan fingerprint density at radius 3 is 2.59 bits per heavy atom. The number of rotatable bonds is 6. The van der Waals surface area contributed by atoms with Crippen molar-refractivity contribution >= 4 is 23.1 Å². The van der Waals surface area contributed by atoms with Crippen LogP contribution in [0.1, 0.15) is 21.8 Å². The first-order valence-corrected chi connectivity index (χ1v) is 10.6. The van der Waals surface area contributed by atoms with E-state index in [1.807, 2.05) is 25.2 Å². The average Bonchev–Trinajstić information content (AvgIpc) is 3.28. The highest BCUT2D eigenvalue weighted by Gasteiger charge is 2.13. The molecule has 0 unspecified atom stereocenters. The molecule has 0 spiro atoms. The van der Waals surface area contributed by atoms with Gasteiger partial charge in [0.05, 0.1) is 10.7 Å². The average molecular weight is 393 g/mol. The van der Waals surface area contributed by atoms with Gasteiger partial charge in [-0.2, -0.15) is 0 Å². The van der Waals surface area contributed by atoms with Crippen molar-refractivity contribution in [3.63, 3.8) is 0 Å². The lowest BCUT2D eigenvalue weighted by Gasteiger charge is -2.05. The molecule has 4 aromatic rings. The highest BCUT2D eigenvalue weighted by Crippen LogP contribution is 2.27. The second kappa shape index (κ2) is 8.06. The number of hydrogen-bond donors (Lipinski definition) is 0. The van der Waals surface area contributed by atoms with Crippen LogP contribution in [0.25, 0.3) is 11.4 Å². The van der Waals surface area contributed by atoms with Crippen molar-refractivity contribution in [3.8, 4) is 11.4 Å². The van der Waals surface area contributed by atoms with Crippen LogP contribution in [0.5, 0.6) is 0 Å². The van der Waals surface area contributed by atoms with Gasteiger partial charge in [0.2, 0.25) is 0 Å². The topological polar surface area (TPSA) is 43.6 Å². The van der Waals surface area contributed by atoms with Gasteiger partial charge in [0.1, 0.15) is 0 Å². The molecule has 0 atom stereocenters. The van der Waals surface area contributed by atoms with Crippen LogP contribution in [0.4, 0.5) is 0 Å². The molecule has 0 aliphatic rings. The van der Waals surface area contributed by atoms with Crippen LogP contribution in [0.15, 0.2) is 65.1 Å². The molecule has 0 fully saturated rings. The van der Waals surface area contributed by atoms with Gasteiger partial charge in [-0.3, -0.25) is 0 Å². The van der Waals surface area contributed by atoms with Crippen molar-refractivity contribution in [2.45, 2.75) is 24.3 Å². The smallest absolute Gasteiger partial charge is 0.191 e. The normalized spacial score (nSPS) is 11.0. The number of nitrogens with zero attached hydrogens (tertiary/aromatic N) is 4. The molecular weight excluding hydrogens is 372 g/mol. The zero-order valence-corrected chi connectivity index (χ0v) is 16.9. The fraction of sp³-hybridized carbons (Fsp3) is 0.190. The minimum Gasteiger partial charge on any atom is -0.305 e. The lowest BCUT2D eigenvalue weighted by molar-refractivity contribution is 0.793. The summed E-state index contributed by atoms with van der Waals surface area (Å²) in [6, 6.07) is 18.7. The van der Waals surface area contributed by atoms with E-state index in [2.05, 4.69) is 63.5 Å². The van der Waals surface area contributed by atoms with E-state index in [0.29, 0.717) is 0 Å². The van der Waals surface area contributed by atoms with Crippen molar-refractivity contribution in [2.24, 2.45) is 7.05 Å². The molecule has 6 heteroatoms. The third kappa shape index (κ3) is 4.12. The fourth-order valence-electron chi connectivity index (χ4n) is 2.90. The van der Waals surface area contributed by atoms with Crippen LogP contribution >= 0.6 is 23.1 Å². The summed E-state index contributed by atoms with van der Waals surface area (Å²) in [5.41, 5.74) is 4.71. The minimum atomic E-state index is 0.797. The molecule has 0 saturated carbocycles. The van der Waals surface area contributed by atoms with Crippen molar-refractivity contribution in [2.75, 3.05) is 0 Å². The van der Waals surface area contributed by atoms with Gasteiger partial charge < -0.3 is 4.57 Å². The summed E-state index contributed by atoms with van der Waals surface area (Å²) >= 11 is 3.40. The van der Waals surface area contributed by atoms with Crippen LogP contribution in [-0.4, -0.2) is 19.7 Å². The number of aryl methyl sites for hydroxylation is 1. The van der Waals surface area contributed by atoms with Gasteiger partial charge in [0, 0.05) is 30.2 Å². The Morgan fingerprint density at radius 2 is 1.78 bits per heavy atom. The van der Waals surface area contributed by atoms with E-state index in [1.54, 1.807) is 23.1 Å². The van der Waals surface area contributed by atoms with E-state index in [4.69, 9.17) is 4.98 Å². The van der Waals surface area contributed by atoms with E-state index in [9.17, 15) is 0 Å². The van der Waals surface area contributed by atoms with Crippen molar-refractivity contribution in [1.82, 2.24) is 19.7 Å². The van der Waals surface area contributed by atoms with Gasteiger partial charge in [0.15, 0.2) is 11.0 Å². The summed E-state index contributed by atoms with van der Waals surface area (Å²) in [6.07, 6.45) is 0.886. The molecule has 0 bridgehead atoms. The first-order valence-electron chi connectivity index (χ1n) is 8.76. The maximum Gasteiger partial charge on any atom is 0.191 e. The molecule has 2 aromatic carbocycles. The molecule has 4 nitrogen and oxygen atoms in total. The lowest BCUT2D eigenvalue weighted by Crippen LogP contribution is -1.96. The molecule has 2 heterocycles. The summed E-state index contributed by atoms with van der Waals surface area (Å²) in [6.45, 7) is 2.10. The molecule has 136 valence electrons. The standard InChI is InChI=1S/C21H20N4S2/c1-15-8-6-7-11-18(15)20-23-24-21(25(20)2)27-14-17-13-26-19(22-17)12-16-9-4-3-5-10-16/h3-11,13H,12,14H2,1-2H3. The maximum absolute atomic E-state index is 4.77. The lowest BCUT2D eigenvalue weighted by atomic mass is 10.1. The number of hydrogen-bond acceptors (Lipinski definition) is 5. The van der Waals surface area contributed by atoms with Crippen LogP contribution in [0, 0.1) is 6.92 Å². The van der Waals surface area contributed by atoms with Gasteiger partial charge >= 0.3 is 0 Å². The van der Waals surface area contributed by atoms with Gasteiger partial charge in [-0.1, -0.05) is 66.4 Å². The van der Waals surface area contributed by atoms with Gasteiger partial charge in [-0.25, -0.2) is 4.98 Å². The molecule has 0 radical (unpaired) electrons. The number of aromatic nitrogens is 4. The van der Waals surface area contributed by atoms with Crippen molar-refractivity contribution in [1.29, 1.82) is 0 Å². The zero-order valence-electron chi connectivity index (χ0n) is 15.3. The Kier molecular flexibility index (Phi) is 5.36. The number of benzene rings is 2. The summed E-state index contributed by atoms with van der Waals surface area (Å²) in [5.74, 6) is 1.70. The summed E-state index contributed by atoms with van der Waals surface area (Å²) in [5, 5.41) is 13.0. The molecule has 0 amide bonds. The Hall–Kier alpha value is -2.44. The summed E-state index contributed by atoms with van der Waals surface area (Å²) < 4.78 is 2.06. The highest BCUT2D eigenvalue weighted by molar-refractivity contribution is 7.98. The van der Waals surface area contributed by atoms with E-state index >= 15 is 0 Å². The number of thiazole rings is 1. The van der Waals surface area contributed by atoms with Crippen molar-refractivity contribution in [3.05, 3.63) is 81.8 Å². The van der Waals surface area contributed by atoms with E-state index in [-0.39, 0.29) is 0 Å². The zero-order chi connectivity index (χ0) is 18.6. The Labute approximate surface area is 167 Å². The van der Waals surface area contributed by atoms with Gasteiger partial charge in [-0.15, -0.1) is 21.5 Å². The highest BCUT2D eigenvalue weighted by atomic mass is 32.2. The number of thioether (sulfide) groups is 1. The maximum atomic E-state index is 4.77. The second-order valence-electron chi connectivity index (χ2n) is 6.36. The largest absolute Gasteiger partial charge is 0.305 e. The first-order chi connectivity index (χ1) is 13.2. The third-order valence-corrected chi connectivity index (χ3v) is 6.32. The minimum absolute atomic E-state index is 0.797. The summed E-state index contributed by atoms with van der Waals surface area (Å²) in [4.78, 5) is 4.77. The summed E-state index contributed by atoms with van der Waals surface area (Å²) in [7, 11) is 2.02. The van der Waals surface area contributed by atoms with Crippen LogP contribution in [-0.2, 0) is 19.2 Å². The molecule has 2 aromatic heterocycles. The molecule has 27 heavy (non-hydrogen) atoms. The predicted molar refractivity (Wildman–Crippen MR) is 112 cm³/mol. The second-order valence-corrected chi connectivity index (χ2v) is 8.25. The molecular formula is C21H20N4S2. The molecule has 0 saturated heterocycles.